The Bertz CT molecular complexity index is 510. The van der Waals surface area contributed by atoms with E-state index >= 15 is 0 Å². The number of benzene rings is 1. The number of aromatic nitrogens is 1. The highest BCUT2D eigenvalue weighted by Gasteiger charge is 2.15. The Hall–Kier alpha value is -1.61. The highest BCUT2D eigenvalue weighted by molar-refractivity contribution is 5.91. The van der Waals surface area contributed by atoms with Crippen LogP contribution in [0.2, 0.25) is 0 Å². The zero-order chi connectivity index (χ0) is 11.7. The minimum Gasteiger partial charge on any atom is -0.368 e. The molecular weight excluding hydrogens is 210 g/mol. The monoisotopic (exact) mass is 227 g/mol. The standard InChI is InChI=1S/C14H17N3/c1-16-8-10-17(11-9-16)14-6-7-15-13-5-3-2-4-12(13)14/h2-7H,8-11H2,1H3. The Kier molecular flexibility index (Phi) is 2.69. The van der Waals surface area contributed by atoms with Crippen LogP contribution in [0.4, 0.5) is 5.69 Å². The van der Waals surface area contributed by atoms with Gasteiger partial charge in [-0.3, -0.25) is 4.98 Å². The number of hydrogen-bond acceptors (Lipinski definition) is 3. The van der Waals surface area contributed by atoms with Crippen molar-refractivity contribution in [2.24, 2.45) is 0 Å². The summed E-state index contributed by atoms with van der Waals surface area (Å²) in [6.07, 6.45) is 1.91. The molecule has 0 amide bonds. The summed E-state index contributed by atoms with van der Waals surface area (Å²) >= 11 is 0. The van der Waals surface area contributed by atoms with Gasteiger partial charge in [0.25, 0.3) is 0 Å². The molecule has 1 saturated heterocycles. The summed E-state index contributed by atoms with van der Waals surface area (Å²) in [5.74, 6) is 0. The zero-order valence-corrected chi connectivity index (χ0v) is 10.1. The Morgan fingerprint density at radius 1 is 1.00 bits per heavy atom. The Morgan fingerprint density at radius 2 is 1.76 bits per heavy atom. The van der Waals surface area contributed by atoms with Crippen LogP contribution >= 0.6 is 0 Å². The van der Waals surface area contributed by atoms with Gasteiger partial charge in [-0.15, -0.1) is 0 Å². The molecule has 3 rings (SSSR count). The number of anilines is 1. The van der Waals surface area contributed by atoms with Gasteiger partial charge in [-0.2, -0.15) is 0 Å². The maximum Gasteiger partial charge on any atom is 0.0722 e. The second-order valence-corrected chi connectivity index (χ2v) is 4.64. The third kappa shape index (κ3) is 1.98. The van der Waals surface area contributed by atoms with E-state index in [4.69, 9.17) is 0 Å². The third-order valence-corrected chi connectivity index (χ3v) is 3.47. The molecule has 1 aliphatic rings. The molecule has 3 heteroatoms. The summed E-state index contributed by atoms with van der Waals surface area (Å²) in [6.45, 7) is 4.47. The van der Waals surface area contributed by atoms with E-state index < -0.39 is 0 Å². The quantitative estimate of drug-likeness (QED) is 0.742. The number of pyridine rings is 1. The number of fused-ring (bicyclic) bond motifs is 1. The number of likely N-dealkylation sites (N-methyl/N-ethyl adjacent to an activating group) is 1. The molecule has 2 aromatic rings. The van der Waals surface area contributed by atoms with Crippen LogP contribution in [0.3, 0.4) is 0 Å². The van der Waals surface area contributed by atoms with E-state index in [1.54, 1.807) is 0 Å². The second-order valence-electron chi connectivity index (χ2n) is 4.64. The Morgan fingerprint density at radius 3 is 2.59 bits per heavy atom. The van der Waals surface area contributed by atoms with Crippen molar-refractivity contribution in [3.63, 3.8) is 0 Å². The van der Waals surface area contributed by atoms with Gasteiger partial charge in [-0.1, -0.05) is 18.2 Å². The molecule has 0 unspecified atom stereocenters. The van der Waals surface area contributed by atoms with Gasteiger partial charge in [0.2, 0.25) is 0 Å². The minimum atomic E-state index is 1.09. The Labute approximate surface area is 102 Å². The Balaban J connectivity index is 2.00. The molecule has 3 nitrogen and oxygen atoms in total. The molecule has 0 N–H and O–H groups in total. The summed E-state index contributed by atoms with van der Waals surface area (Å²) in [5, 5.41) is 1.26. The van der Waals surface area contributed by atoms with Gasteiger partial charge >= 0.3 is 0 Å². The van der Waals surface area contributed by atoms with E-state index in [1.165, 1.54) is 11.1 Å². The topological polar surface area (TPSA) is 19.4 Å². The normalized spacial score (nSPS) is 17.6. The highest BCUT2D eigenvalue weighted by Crippen LogP contribution is 2.25. The van der Waals surface area contributed by atoms with Crippen LogP contribution in [0.5, 0.6) is 0 Å². The van der Waals surface area contributed by atoms with Gasteiger partial charge in [0.05, 0.1) is 5.52 Å². The maximum absolute atomic E-state index is 4.41. The van der Waals surface area contributed by atoms with Crippen LogP contribution in [0.25, 0.3) is 10.9 Å². The lowest BCUT2D eigenvalue weighted by molar-refractivity contribution is 0.313. The van der Waals surface area contributed by atoms with Crippen LogP contribution in [0.15, 0.2) is 36.5 Å². The molecule has 1 aliphatic heterocycles. The summed E-state index contributed by atoms with van der Waals surface area (Å²) < 4.78 is 0. The maximum atomic E-state index is 4.41. The van der Waals surface area contributed by atoms with Crippen molar-refractivity contribution >= 4 is 16.6 Å². The van der Waals surface area contributed by atoms with Crippen LogP contribution in [0, 0.1) is 0 Å². The third-order valence-electron chi connectivity index (χ3n) is 3.47. The fourth-order valence-electron chi connectivity index (χ4n) is 2.40. The molecule has 1 aromatic carbocycles. The predicted octanol–water partition coefficient (Wildman–Crippen LogP) is 1.99. The lowest BCUT2D eigenvalue weighted by Crippen LogP contribution is -2.44. The SMILES string of the molecule is CN1CCN(c2ccnc3ccccc23)CC1. The highest BCUT2D eigenvalue weighted by atomic mass is 15.2. The van der Waals surface area contributed by atoms with Gasteiger partial charge in [0.15, 0.2) is 0 Å². The lowest BCUT2D eigenvalue weighted by atomic mass is 10.1. The molecule has 1 aromatic heterocycles. The number of rotatable bonds is 1. The summed E-state index contributed by atoms with van der Waals surface area (Å²) in [5.41, 5.74) is 2.41. The first kappa shape index (κ1) is 10.5. The first-order chi connectivity index (χ1) is 8.34. The van der Waals surface area contributed by atoms with Gasteiger partial charge < -0.3 is 9.80 Å². The average molecular weight is 227 g/mol. The number of piperazine rings is 1. The molecular formula is C14H17N3. The predicted molar refractivity (Wildman–Crippen MR) is 71.5 cm³/mol. The molecule has 0 bridgehead atoms. The zero-order valence-electron chi connectivity index (χ0n) is 10.1. The van der Waals surface area contributed by atoms with E-state index in [-0.39, 0.29) is 0 Å². The average Bonchev–Trinajstić information content (AvgIpc) is 2.39. The van der Waals surface area contributed by atoms with Crippen molar-refractivity contribution in [2.75, 3.05) is 38.1 Å². The molecule has 17 heavy (non-hydrogen) atoms. The van der Waals surface area contributed by atoms with Crippen molar-refractivity contribution in [1.29, 1.82) is 0 Å². The fraction of sp³-hybridized carbons (Fsp3) is 0.357. The van der Waals surface area contributed by atoms with Crippen molar-refractivity contribution < 1.29 is 0 Å². The van der Waals surface area contributed by atoms with Gasteiger partial charge in [0.1, 0.15) is 0 Å². The van der Waals surface area contributed by atoms with Gasteiger partial charge in [0, 0.05) is 43.4 Å². The van der Waals surface area contributed by atoms with E-state index in [9.17, 15) is 0 Å². The number of hydrogen-bond donors (Lipinski definition) is 0. The molecule has 0 radical (unpaired) electrons. The van der Waals surface area contributed by atoms with E-state index in [1.807, 2.05) is 12.3 Å². The molecule has 1 fully saturated rings. The number of para-hydroxylation sites is 1. The van der Waals surface area contributed by atoms with Crippen molar-refractivity contribution in [3.05, 3.63) is 36.5 Å². The van der Waals surface area contributed by atoms with Crippen LogP contribution < -0.4 is 4.90 Å². The molecule has 2 heterocycles. The second kappa shape index (κ2) is 4.34. The lowest BCUT2D eigenvalue weighted by Gasteiger charge is -2.34. The van der Waals surface area contributed by atoms with Crippen molar-refractivity contribution in [3.8, 4) is 0 Å². The summed E-state index contributed by atoms with van der Waals surface area (Å²) in [6, 6.07) is 10.5. The molecule has 0 saturated carbocycles. The first-order valence-corrected chi connectivity index (χ1v) is 6.12. The fourth-order valence-corrected chi connectivity index (χ4v) is 2.40. The largest absolute Gasteiger partial charge is 0.368 e. The van der Waals surface area contributed by atoms with E-state index in [0.29, 0.717) is 0 Å². The molecule has 0 atom stereocenters. The summed E-state index contributed by atoms with van der Waals surface area (Å²) in [4.78, 5) is 9.25. The molecule has 0 spiro atoms. The van der Waals surface area contributed by atoms with E-state index in [0.717, 1.165) is 31.7 Å². The molecule has 88 valence electrons. The van der Waals surface area contributed by atoms with Crippen molar-refractivity contribution in [1.82, 2.24) is 9.88 Å². The van der Waals surface area contributed by atoms with Gasteiger partial charge in [-0.25, -0.2) is 0 Å². The van der Waals surface area contributed by atoms with Crippen molar-refractivity contribution in [2.45, 2.75) is 0 Å². The minimum absolute atomic E-state index is 1.09. The van der Waals surface area contributed by atoms with E-state index in [2.05, 4.69) is 46.1 Å². The van der Waals surface area contributed by atoms with Crippen LogP contribution in [-0.4, -0.2) is 43.1 Å². The first-order valence-electron chi connectivity index (χ1n) is 6.12. The number of nitrogens with zero attached hydrogens (tertiary/aromatic N) is 3. The van der Waals surface area contributed by atoms with Crippen LogP contribution in [-0.2, 0) is 0 Å². The molecule has 0 aliphatic carbocycles. The van der Waals surface area contributed by atoms with Crippen LogP contribution in [0.1, 0.15) is 0 Å². The smallest absolute Gasteiger partial charge is 0.0722 e. The summed E-state index contributed by atoms with van der Waals surface area (Å²) in [7, 11) is 2.18. The van der Waals surface area contributed by atoms with Gasteiger partial charge in [-0.05, 0) is 19.2 Å².